The quantitative estimate of drug-likeness (QED) is 0.797. The van der Waals surface area contributed by atoms with E-state index in [-0.39, 0.29) is 0 Å². The zero-order valence-corrected chi connectivity index (χ0v) is 10.2. The van der Waals surface area contributed by atoms with E-state index < -0.39 is 11.4 Å². The minimum absolute atomic E-state index is 0.459. The average molecular weight is 242 g/mol. The molecule has 0 aliphatic carbocycles. The Morgan fingerprint density at radius 2 is 2.19 bits per heavy atom. The molecule has 0 aromatic heterocycles. The number of carbonyl (C=O) groups is 1. The van der Waals surface area contributed by atoms with Crippen molar-refractivity contribution in [3.05, 3.63) is 28.8 Å². The summed E-state index contributed by atoms with van der Waals surface area (Å²) in [5.41, 5.74) is 6.31. The normalized spacial score (nSPS) is 14.4. The third kappa shape index (κ3) is 2.67. The van der Waals surface area contributed by atoms with Gasteiger partial charge in [0.25, 0.3) is 0 Å². The summed E-state index contributed by atoms with van der Waals surface area (Å²) in [4.78, 5) is 11.2. The Labute approximate surface area is 100 Å². The van der Waals surface area contributed by atoms with Gasteiger partial charge in [0.2, 0.25) is 0 Å². The molecule has 0 aliphatic heterocycles. The van der Waals surface area contributed by atoms with Crippen LogP contribution in [0.3, 0.4) is 0 Å². The minimum atomic E-state index is -0.788. The van der Waals surface area contributed by atoms with Crippen LogP contribution in [0.2, 0.25) is 5.02 Å². The molecular weight excluding hydrogens is 226 g/mol. The van der Waals surface area contributed by atoms with Gasteiger partial charge < -0.3 is 10.8 Å². The number of hydrogen-bond donors (Lipinski definition) is 2. The van der Waals surface area contributed by atoms with E-state index in [1.54, 1.807) is 19.1 Å². The number of carboxylic acids is 1. The molecule has 3 N–H and O–H groups in total. The number of benzene rings is 1. The summed E-state index contributed by atoms with van der Waals surface area (Å²) in [6.07, 6.45) is 1.03. The van der Waals surface area contributed by atoms with Crippen molar-refractivity contribution in [2.75, 3.05) is 5.73 Å². The van der Waals surface area contributed by atoms with Crippen LogP contribution in [0.15, 0.2) is 18.2 Å². The molecule has 0 radical (unpaired) electrons. The molecule has 1 atom stereocenters. The number of carboxylic acid groups (broad SMARTS) is 1. The van der Waals surface area contributed by atoms with Crippen molar-refractivity contribution in [1.82, 2.24) is 0 Å². The van der Waals surface area contributed by atoms with Gasteiger partial charge in [-0.1, -0.05) is 24.6 Å². The summed E-state index contributed by atoms with van der Waals surface area (Å²) in [6.45, 7) is 3.60. The Hall–Kier alpha value is -1.22. The average Bonchev–Trinajstić information content (AvgIpc) is 2.23. The summed E-state index contributed by atoms with van der Waals surface area (Å²) in [6, 6.07) is 5.25. The van der Waals surface area contributed by atoms with Gasteiger partial charge in [-0.2, -0.15) is 0 Å². The molecule has 0 fully saturated rings. The van der Waals surface area contributed by atoms with Gasteiger partial charge in [-0.25, -0.2) is 0 Å². The smallest absolute Gasteiger partial charge is 0.309 e. The fraction of sp³-hybridized carbons (Fsp3) is 0.417. The first-order valence-electron chi connectivity index (χ1n) is 5.16. The first kappa shape index (κ1) is 12.8. The molecule has 0 saturated heterocycles. The van der Waals surface area contributed by atoms with Crippen LogP contribution in [0.5, 0.6) is 0 Å². The number of hydrogen-bond acceptors (Lipinski definition) is 2. The van der Waals surface area contributed by atoms with Crippen molar-refractivity contribution in [3.8, 4) is 0 Å². The molecule has 16 heavy (non-hydrogen) atoms. The molecule has 88 valence electrons. The zero-order chi connectivity index (χ0) is 12.3. The number of halogens is 1. The molecule has 0 bridgehead atoms. The molecule has 4 heteroatoms. The minimum Gasteiger partial charge on any atom is -0.481 e. The predicted octanol–water partition coefficient (Wildman–Crippen LogP) is 2.97. The van der Waals surface area contributed by atoms with Gasteiger partial charge in [0.15, 0.2) is 0 Å². The first-order chi connectivity index (χ1) is 7.39. The highest BCUT2D eigenvalue weighted by molar-refractivity contribution is 6.33. The highest BCUT2D eigenvalue weighted by Gasteiger charge is 2.31. The standard InChI is InChI=1S/C12H16ClNO2/c1-3-12(2,11(15)16)7-8-4-5-9(13)10(14)6-8/h4-6H,3,7,14H2,1-2H3,(H,15,16)/t12-/m1/s1. The Morgan fingerprint density at radius 3 is 2.62 bits per heavy atom. The van der Waals surface area contributed by atoms with Crippen LogP contribution in [0.4, 0.5) is 5.69 Å². The van der Waals surface area contributed by atoms with E-state index in [0.717, 1.165) is 5.56 Å². The summed E-state index contributed by atoms with van der Waals surface area (Å²) < 4.78 is 0. The summed E-state index contributed by atoms with van der Waals surface area (Å²) in [7, 11) is 0. The lowest BCUT2D eigenvalue weighted by atomic mass is 9.81. The van der Waals surface area contributed by atoms with Crippen molar-refractivity contribution < 1.29 is 9.90 Å². The molecule has 0 heterocycles. The fourth-order valence-corrected chi connectivity index (χ4v) is 1.62. The van der Waals surface area contributed by atoms with Crippen molar-refractivity contribution >= 4 is 23.3 Å². The van der Waals surface area contributed by atoms with Gasteiger partial charge in [0.1, 0.15) is 0 Å². The Bertz CT molecular complexity index is 406. The van der Waals surface area contributed by atoms with E-state index in [2.05, 4.69) is 0 Å². The van der Waals surface area contributed by atoms with Gasteiger partial charge in [0.05, 0.1) is 16.1 Å². The Kier molecular flexibility index (Phi) is 3.81. The third-order valence-electron chi connectivity index (χ3n) is 2.95. The van der Waals surface area contributed by atoms with Gasteiger partial charge in [-0.05, 0) is 37.5 Å². The molecule has 1 aromatic carbocycles. The maximum atomic E-state index is 11.2. The van der Waals surface area contributed by atoms with Crippen LogP contribution in [-0.4, -0.2) is 11.1 Å². The van der Waals surface area contributed by atoms with E-state index in [9.17, 15) is 4.79 Å². The second-order valence-corrected chi connectivity index (χ2v) is 4.66. The number of aliphatic carboxylic acids is 1. The maximum absolute atomic E-state index is 11.2. The molecule has 0 saturated carbocycles. The van der Waals surface area contributed by atoms with Crippen molar-refractivity contribution in [1.29, 1.82) is 0 Å². The van der Waals surface area contributed by atoms with Crippen LogP contribution >= 0.6 is 11.6 Å². The van der Waals surface area contributed by atoms with Crippen molar-refractivity contribution in [3.63, 3.8) is 0 Å². The van der Waals surface area contributed by atoms with E-state index in [1.807, 2.05) is 13.0 Å². The summed E-state index contributed by atoms with van der Waals surface area (Å²) >= 11 is 5.81. The number of nitrogens with two attached hydrogens (primary N) is 1. The van der Waals surface area contributed by atoms with E-state index >= 15 is 0 Å². The summed E-state index contributed by atoms with van der Waals surface area (Å²) in [5, 5.41) is 9.66. The molecule has 0 unspecified atom stereocenters. The van der Waals surface area contributed by atoms with Gasteiger partial charge >= 0.3 is 5.97 Å². The van der Waals surface area contributed by atoms with Gasteiger partial charge in [-0.15, -0.1) is 0 Å². The zero-order valence-electron chi connectivity index (χ0n) is 9.46. The lowest BCUT2D eigenvalue weighted by Crippen LogP contribution is -2.29. The molecule has 3 nitrogen and oxygen atoms in total. The van der Waals surface area contributed by atoms with Crippen LogP contribution in [0.25, 0.3) is 0 Å². The molecule has 0 aliphatic rings. The molecule has 1 aromatic rings. The molecule has 0 amide bonds. The van der Waals surface area contributed by atoms with Gasteiger partial charge in [0, 0.05) is 0 Å². The van der Waals surface area contributed by atoms with E-state index in [4.69, 9.17) is 22.4 Å². The second kappa shape index (κ2) is 4.74. The third-order valence-corrected chi connectivity index (χ3v) is 3.30. The lowest BCUT2D eigenvalue weighted by Gasteiger charge is -2.23. The number of rotatable bonds is 4. The van der Waals surface area contributed by atoms with Crippen molar-refractivity contribution in [2.24, 2.45) is 5.41 Å². The maximum Gasteiger partial charge on any atom is 0.309 e. The second-order valence-electron chi connectivity index (χ2n) is 4.25. The van der Waals surface area contributed by atoms with Crippen LogP contribution < -0.4 is 5.73 Å². The number of anilines is 1. The lowest BCUT2D eigenvalue weighted by molar-refractivity contribution is -0.148. The Balaban J connectivity index is 2.95. The topological polar surface area (TPSA) is 63.3 Å². The monoisotopic (exact) mass is 241 g/mol. The highest BCUT2D eigenvalue weighted by atomic mass is 35.5. The predicted molar refractivity (Wildman–Crippen MR) is 65.6 cm³/mol. The highest BCUT2D eigenvalue weighted by Crippen LogP contribution is 2.29. The van der Waals surface area contributed by atoms with Crippen molar-refractivity contribution in [2.45, 2.75) is 26.7 Å². The molecular formula is C12H16ClNO2. The van der Waals surface area contributed by atoms with Crippen LogP contribution in [-0.2, 0) is 11.2 Å². The number of nitrogen functional groups attached to an aromatic ring is 1. The van der Waals surface area contributed by atoms with E-state index in [1.165, 1.54) is 0 Å². The largest absolute Gasteiger partial charge is 0.481 e. The SMILES string of the molecule is CC[C@](C)(Cc1ccc(Cl)c(N)c1)C(=O)O. The van der Waals surface area contributed by atoms with E-state index in [0.29, 0.717) is 23.6 Å². The molecule has 1 rings (SSSR count). The molecule has 0 spiro atoms. The fourth-order valence-electron chi connectivity index (χ4n) is 1.51. The van der Waals surface area contributed by atoms with Gasteiger partial charge in [-0.3, -0.25) is 4.79 Å². The van der Waals surface area contributed by atoms with Crippen LogP contribution in [0.1, 0.15) is 25.8 Å². The van der Waals surface area contributed by atoms with Crippen LogP contribution in [0, 0.1) is 5.41 Å². The Morgan fingerprint density at radius 1 is 1.56 bits per heavy atom. The summed E-state index contributed by atoms with van der Waals surface area (Å²) in [5.74, 6) is -0.788. The first-order valence-corrected chi connectivity index (χ1v) is 5.54.